The lowest BCUT2D eigenvalue weighted by atomic mass is 9.90. The number of nitrogens with one attached hydrogen (secondary N) is 1. The van der Waals surface area contributed by atoms with Gasteiger partial charge in [-0.25, -0.2) is 4.79 Å². The molecule has 23 heavy (non-hydrogen) atoms. The summed E-state index contributed by atoms with van der Waals surface area (Å²) < 4.78 is 0. The van der Waals surface area contributed by atoms with Gasteiger partial charge in [0, 0.05) is 29.8 Å². The molecule has 0 saturated carbocycles. The van der Waals surface area contributed by atoms with E-state index in [4.69, 9.17) is 0 Å². The summed E-state index contributed by atoms with van der Waals surface area (Å²) in [6, 6.07) is 10.0. The number of carbonyl (C=O) groups excluding carboxylic acids is 1. The van der Waals surface area contributed by atoms with Crippen molar-refractivity contribution in [2.24, 2.45) is 5.41 Å². The van der Waals surface area contributed by atoms with Crippen LogP contribution in [0.1, 0.15) is 26.7 Å². The third-order valence-corrected chi connectivity index (χ3v) is 5.47. The molecule has 1 aromatic rings. The average Bonchev–Trinajstić information content (AvgIpc) is 2.96. The largest absolute Gasteiger partial charge is 0.481 e. The lowest BCUT2D eigenvalue weighted by Gasteiger charge is -2.24. The molecule has 5 nitrogen and oxygen atoms in total. The van der Waals surface area contributed by atoms with Gasteiger partial charge in [-0.2, -0.15) is 0 Å². The van der Waals surface area contributed by atoms with Crippen LogP contribution in [0.4, 0.5) is 4.79 Å². The number of carboxylic acid groups (broad SMARTS) is 1. The molecule has 2 rings (SSSR count). The standard InChI is InChI=1S/C17H24N2O3S/c1-3-13(11-23-14-7-5-4-6-8-14)18-16(22)19-10-9-17(2,12-19)15(20)21/h4-8,13H,3,9-12H2,1-2H3,(H,18,22)(H,20,21). The second-order valence-corrected chi connectivity index (χ2v) is 7.31. The van der Waals surface area contributed by atoms with Gasteiger partial charge in [-0.15, -0.1) is 11.8 Å². The van der Waals surface area contributed by atoms with Crippen LogP contribution in [0.3, 0.4) is 0 Å². The van der Waals surface area contributed by atoms with Crippen molar-refractivity contribution in [2.75, 3.05) is 18.8 Å². The highest BCUT2D eigenvalue weighted by atomic mass is 32.2. The normalized spacial score (nSPS) is 21.9. The molecule has 1 aromatic carbocycles. The van der Waals surface area contributed by atoms with Gasteiger partial charge in [-0.1, -0.05) is 25.1 Å². The first-order chi connectivity index (χ1) is 10.9. The number of nitrogens with zero attached hydrogens (tertiary/aromatic N) is 1. The predicted octanol–water partition coefficient (Wildman–Crippen LogP) is 3.06. The third kappa shape index (κ3) is 4.64. The number of thioether (sulfide) groups is 1. The summed E-state index contributed by atoms with van der Waals surface area (Å²) in [4.78, 5) is 26.4. The van der Waals surface area contributed by atoms with Crippen LogP contribution in [0.15, 0.2) is 35.2 Å². The molecule has 1 fully saturated rings. The van der Waals surface area contributed by atoms with Crippen molar-refractivity contribution >= 4 is 23.8 Å². The summed E-state index contributed by atoms with van der Waals surface area (Å²) in [5.74, 6) is -0.0319. The zero-order chi connectivity index (χ0) is 16.9. The number of hydrogen-bond donors (Lipinski definition) is 2. The molecule has 0 bridgehead atoms. The smallest absolute Gasteiger partial charge is 0.317 e. The number of carbonyl (C=O) groups is 2. The van der Waals surface area contributed by atoms with Gasteiger partial charge in [0.15, 0.2) is 0 Å². The number of likely N-dealkylation sites (tertiary alicyclic amines) is 1. The van der Waals surface area contributed by atoms with E-state index in [1.54, 1.807) is 23.6 Å². The van der Waals surface area contributed by atoms with Crippen LogP contribution in [0.2, 0.25) is 0 Å². The number of rotatable bonds is 6. The average molecular weight is 336 g/mol. The number of urea groups is 1. The van der Waals surface area contributed by atoms with Gasteiger partial charge in [0.1, 0.15) is 0 Å². The fourth-order valence-electron chi connectivity index (χ4n) is 2.55. The van der Waals surface area contributed by atoms with Crippen LogP contribution in [-0.4, -0.2) is 46.9 Å². The lowest BCUT2D eigenvalue weighted by Crippen LogP contribution is -2.45. The zero-order valence-corrected chi connectivity index (χ0v) is 14.4. The topological polar surface area (TPSA) is 69.6 Å². The van der Waals surface area contributed by atoms with Crippen LogP contribution in [0, 0.1) is 5.41 Å². The summed E-state index contributed by atoms with van der Waals surface area (Å²) >= 11 is 1.71. The van der Waals surface area contributed by atoms with Crippen molar-refractivity contribution in [1.29, 1.82) is 0 Å². The van der Waals surface area contributed by atoms with Crippen molar-refractivity contribution in [3.63, 3.8) is 0 Å². The quantitative estimate of drug-likeness (QED) is 0.783. The maximum absolute atomic E-state index is 12.3. The zero-order valence-electron chi connectivity index (χ0n) is 13.6. The minimum atomic E-state index is -0.834. The SMILES string of the molecule is CCC(CSc1ccccc1)NC(=O)N1CCC(C)(C(=O)O)C1. The second-order valence-electron chi connectivity index (χ2n) is 6.22. The molecule has 6 heteroatoms. The molecule has 1 aliphatic rings. The van der Waals surface area contributed by atoms with E-state index in [1.807, 2.05) is 25.1 Å². The number of hydrogen-bond acceptors (Lipinski definition) is 3. The van der Waals surface area contributed by atoms with Crippen molar-refractivity contribution in [3.8, 4) is 0 Å². The fraction of sp³-hybridized carbons (Fsp3) is 0.529. The highest BCUT2D eigenvalue weighted by Crippen LogP contribution is 2.30. The van der Waals surface area contributed by atoms with Crippen LogP contribution >= 0.6 is 11.8 Å². The Bertz CT molecular complexity index is 552. The van der Waals surface area contributed by atoms with E-state index in [9.17, 15) is 14.7 Å². The molecule has 2 atom stereocenters. The molecular weight excluding hydrogens is 312 g/mol. The number of amides is 2. The number of carboxylic acids is 1. The Morgan fingerprint density at radius 1 is 1.39 bits per heavy atom. The van der Waals surface area contributed by atoms with Gasteiger partial charge in [0.25, 0.3) is 0 Å². The highest BCUT2D eigenvalue weighted by Gasteiger charge is 2.42. The highest BCUT2D eigenvalue weighted by molar-refractivity contribution is 7.99. The first-order valence-corrected chi connectivity index (χ1v) is 8.90. The molecule has 1 heterocycles. The molecule has 0 aromatic heterocycles. The number of benzene rings is 1. The Morgan fingerprint density at radius 2 is 2.09 bits per heavy atom. The van der Waals surface area contributed by atoms with Crippen LogP contribution < -0.4 is 5.32 Å². The van der Waals surface area contributed by atoms with E-state index in [0.29, 0.717) is 13.0 Å². The molecule has 0 radical (unpaired) electrons. The van der Waals surface area contributed by atoms with Crippen LogP contribution in [0.5, 0.6) is 0 Å². The minimum Gasteiger partial charge on any atom is -0.481 e. The third-order valence-electron chi connectivity index (χ3n) is 4.29. The molecule has 1 aliphatic heterocycles. The summed E-state index contributed by atoms with van der Waals surface area (Å²) in [6.45, 7) is 4.51. The Hall–Kier alpha value is -1.69. The van der Waals surface area contributed by atoms with Gasteiger partial charge in [0.2, 0.25) is 0 Å². The Labute approximate surface area is 141 Å². The van der Waals surface area contributed by atoms with Gasteiger partial charge >= 0.3 is 12.0 Å². The predicted molar refractivity (Wildman–Crippen MR) is 91.7 cm³/mol. The van der Waals surface area contributed by atoms with Crippen molar-refractivity contribution in [1.82, 2.24) is 10.2 Å². The van der Waals surface area contributed by atoms with Gasteiger partial charge in [-0.05, 0) is 31.9 Å². The summed E-state index contributed by atoms with van der Waals surface area (Å²) in [5.41, 5.74) is -0.822. The molecule has 0 aliphatic carbocycles. The monoisotopic (exact) mass is 336 g/mol. The molecule has 2 amide bonds. The van der Waals surface area contributed by atoms with Gasteiger partial charge < -0.3 is 15.3 Å². The molecule has 126 valence electrons. The molecular formula is C17H24N2O3S. The first kappa shape index (κ1) is 17.7. The van der Waals surface area contributed by atoms with Gasteiger partial charge in [-0.3, -0.25) is 4.79 Å². The Morgan fingerprint density at radius 3 is 2.65 bits per heavy atom. The van der Waals surface area contributed by atoms with E-state index < -0.39 is 11.4 Å². The van der Waals surface area contributed by atoms with Gasteiger partial charge in [0.05, 0.1) is 5.41 Å². The first-order valence-electron chi connectivity index (χ1n) is 7.91. The van der Waals surface area contributed by atoms with E-state index in [1.165, 1.54) is 4.90 Å². The minimum absolute atomic E-state index is 0.0735. The van der Waals surface area contributed by atoms with E-state index >= 15 is 0 Å². The van der Waals surface area contributed by atoms with Crippen LogP contribution in [0.25, 0.3) is 0 Å². The lowest BCUT2D eigenvalue weighted by molar-refractivity contribution is -0.146. The van der Waals surface area contributed by atoms with E-state index in [0.717, 1.165) is 12.2 Å². The molecule has 1 saturated heterocycles. The fourth-order valence-corrected chi connectivity index (χ4v) is 3.61. The van der Waals surface area contributed by atoms with Crippen molar-refractivity contribution in [2.45, 2.75) is 37.6 Å². The second kappa shape index (κ2) is 7.73. The van der Waals surface area contributed by atoms with Crippen molar-refractivity contribution < 1.29 is 14.7 Å². The maximum Gasteiger partial charge on any atom is 0.317 e. The van der Waals surface area contributed by atoms with E-state index in [-0.39, 0.29) is 18.6 Å². The Balaban J connectivity index is 1.84. The van der Waals surface area contributed by atoms with Crippen LogP contribution in [-0.2, 0) is 4.79 Å². The summed E-state index contributed by atoms with van der Waals surface area (Å²) in [5, 5.41) is 12.3. The maximum atomic E-state index is 12.3. The Kier molecular flexibility index (Phi) is 5.93. The van der Waals surface area contributed by atoms with Crippen molar-refractivity contribution in [3.05, 3.63) is 30.3 Å². The number of aliphatic carboxylic acids is 1. The summed E-state index contributed by atoms with van der Waals surface area (Å²) in [7, 11) is 0. The molecule has 0 spiro atoms. The van der Waals surface area contributed by atoms with E-state index in [2.05, 4.69) is 17.4 Å². The molecule has 2 unspecified atom stereocenters. The summed E-state index contributed by atoms with van der Waals surface area (Å²) in [6.07, 6.45) is 1.35. The molecule has 2 N–H and O–H groups in total.